The average Bonchev–Trinajstić information content (AvgIpc) is 3.15. The van der Waals surface area contributed by atoms with Gasteiger partial charge in [-0.25, -0.2) is 9.48 Å². The van der Waals surface area contributed by atoms with E-state index in [2.05, 4.69) is 15.1 Å². The Morgan fingerprint density at radius 3 is 2.32 bits per heavy atom. The van der Waals surface area contributed by atoms with E-state index in [9.17, 15) is 9.59 Å². The van der Waals surface area contributed by atoms with Gasteiger partial charge in [-0.15, -0.1) is 0 Å². The highest BCUT2D eigenvalue weighted by molar-refractivity contribution is 5.72. The standard InChI is InChI=1S/C20H22N6O2/c1-11-6-8-15(9-7-11)10-25-16-17(24(5)20(28)22-18(16)27)21-19(25)26-14(4)12(2)13(3)23-26/h6-9H,10H2,1-5H3,(H,22,27,28). The lowest BCUT2D eigenvalue weighted by atomic mass is 10.1. The number of hydrogen-bond acceptors (Lipinski definition) is 4. The first-order chi connectivity index (χ1) is 13.3. The number of aromatic nitrogens is 6. The van der Waals surface area contributed by atoms with E-state index in [0.29, 0.717) is 23.7 Å². The second kappa shape index (κ2) is 6.33. The van der Waals surface area contributed by atoms with Gasteiger partial charge in [-0.05, 0) is 38.8 Å². The molecule has 0 aliphatic heterocycles. The fourth-order valence-corrected chi connectivity index (χ4v) is 3.33. The van der Waals surface area contributed by atoms with E-state index in [1.165, 1.54) is 4.57 Å². The van der Waals surface area contributed by atoms with E-state index < -0.39 is 11.2 Å². The van der Waals surface area contributed by atoms with Crippen LogP contribution in [0.5, 0.6) is 0 Å². The van der Waals surface area contributed by atoms with Crippen molar-refractivity contribution in [3.05, 3.63) is 73.2 Å². The summed E-state index contributed by atoms with van der Waals surface area (Å²) in [5.74, 6) is 0.510. The van der Waals surface area contributed by atoms with E-state index >= 15 is 0 Å². The molecule has 0 bridgehead atoms. The van der Waals surface area contributed by atoms with Crippen molar-refractivity contribution in [2.75, 3.05) is 0 Å². The summed E-state index contributed by atoms with van der Waals surface area (Å²) in [6, 6.07) is 8.10. The Balaban J connectivity index is 2.05. The highest BCUT2D eigenvalue weighted by Gasteiger charge is 2.21. The van der Waals surface area contributed by atoms with Gasteiger partial charge in [-0.3, -0.25) is 18.9 Å². The van der Waals surface area contributed by atoms with Gasteiger partial charge in [0.15, 0.2) is 11.2 Å². The quantitative estimate of drug-likeness (QED) is 0.589. The molecule has 0 fully saturated rings. The summed E-state index contributed by atoms with van der Waals surface area (Å²) in [4.78, 5) is 31.7. The number of aryl methyl sites for hydroxylation is 3. The number of benzene rings is 1. The lowest BCUT2D eigenvalue weighted by molar-refractivity contribution is 0.700. The van der Waals surface area contributed by atoms with Crippen molar-refractivity contribution in [1.29, 1.82) is 0 Å². The maximum atomic E-state index is 12.7. The van der Waals surface area contributed by atoms with Crippen molar-refractivity contribution in [3.8, 4) is 5.95 Å². The molecule has 0 saturated carbocycles. The molecule has 0 atom stereocenters. The summed E-state index contributed by atoms with van der Waals surface area (Å²) >= 11 is 0. The molecule has 144 valence electrons. The molecular formula is C20H22N6O2. The van der Waals surface area contributed by atoms with Gasteiger partial charge in [-0.1, -0.05) is 29.8 Å². The molecule has 3 heterocycles. The Morgan fingerprint density at radius 2 is 1.71 bits per heavy atom. The van der Waals surface area contributed by atoms with Gasteiger partial charge >= 0.3 is 5.69 Å². The zero-order chi connectivity index (χ0) is 20.2. The molecule has 8 heteroatoms. The summed E-state index contributed by atoms with van der Waals surface area (Å²) in [5, 5.41) is 4.61. The van der Waals surface area contributed by atoms with E-state index in [4.69, 9.17) is 0 Å². The van der Waals surface area contributed by atoms with Gasteiger partial charge in [0.25, 0.3) is 5.56 Å². The van der Waals surface area contributed by atoms with Crippen LogP contribution in [0, 0.1) is 27.7 Å². The van der Waals surface area contributed by atoms with E-state index in [0.717, 1.165) is 28.1 Å². The highest BCUT2D eigenvalue weighted by Crippen LogP contribution is 2.21. The molecule has 3 aromatic heterocycles. The van der Waals surface area contributed by atoms with Gasteiger partial charge < -0.3 is 0 Å². The van der Waals surface area contributed by atoms with Crippen molar-refractivity contribution in [3.63, 3.8) is 0 Å². The van der Waals surface area contributed by atoms with Gasteiger partial charge in [-0.2, -0.15) is 10.1 Å². The fourth-order valence-electron chi connectivity index (χ4n) is 3.33. The summed E-state index contributed by atoms with van der Waals surface area (Å²) in [6.45, 7) is 8.37. The summed E-state index contributed by atoms with van der Waals surface area (Å²) in [6.07, 6.45) is 0. The minimum Gasteiger partial charge on any atom is -0.298 e. The van der Waals surface area contributed by atoms with Gasteiger partial charge in [0.1, 0.15) is 0 Å². The largest absolute Gasteiger partial charge is 0.329 e. The zero-order valence-electron chi connectivity index (χ0n) is 16.6. The maximum Gasteiger partial charge on any atom is 0.329 e. The lowest BCUT2D eigenvalue weighted by Crippen LogP contribution is -2.29. The topological polar surface area (TPSA) is 90.5 Å². The first-order valence-corrected chi connectivity index (χ1v) is 9.06. The molecule has 0 aliphatic carbocycles. The molecule has 0 saturated heterocycles. The van der Waals surface area contributed by atoms with E-state index in [-0.39, 0.29) is 0 Å². The molecular weight excluding hydrogens is 356 g/mol. The Kier molecular flexibility index (Phi) is 4.06. The average molecular weight is 378 g/mol. The van der Waals surface area contributed by atoms with Crippen molar-refractivity contribution in [2.24, 2.45) is 7.05 Å². The number of hydrogen-bond donors (Lipinski definition) is 1. The molecule has 0 spiro atoms. The monoisotopic (exact) mass is 378 g/mol. The van der Waals surface area contributed by atoms with Crippen molar-refractivity contribution >= 4 is 11.2 Å². The van der Waals surface area contributed by atoms with Crippen LogP contribution in [0.15, 0.2) is 33.9 Å². The van der Waals surface area contributed by atoms with Crippen LogP contribution >= 0.6 is 0 Å². The van der Waals surface area contributed by atoms with Crippen molar-refractivity contribution < 1.29 is 0 Å². The van der Waals surface area contributed by atoms with E-state index in [1.54, 1.807) is 11.7 Å². The Bertz CT molecular complexity index is 1320. The van der Waals surface area contributed by atoms with Gasteiger partial charge in [0, 0.05) is 12.7 Å². The zero-order valence-corrected chi connectivity index (χ0v) is 16.6. The molecule has 0 aliphatic rings. The molecule has 28 heavy (non-hydrogen) atoms. The predicted octanol–water partition coefficient (Wildman–Crippen LogP) is 1.89. The molecule has 4 aromatic rings. The number of imidazole rings is 1. The SMILES string of the molecule is Cc1ccc(Cn2c(-n3nc(C)c(C)c3C)nc3c2c(=O)[nH]c(=O)n3C)cc1. The summed E-state index contributed by atoms with van der Waals surface area (Å²) < 4.78 is 4.91. The second-order valence-corrected chi connectivity index (χ2v) is 7.18. The van der Waals surface area contributed by atoms with Crippen LogP contribution in [0.25, 0.3) is 17.1 Å². The Hall–Kier alpha value is -3.42. The summed E-state index contributed by atoms with van der Waals surface area (Å²) in [7, 11) is 1.60. The second-order valence-electron chi connectivity index (χ2n) is 7.18. The first-order valence-electron chi connectivity index (χ1n) is 9.06. The number of nitrogens with zero attached hydrogens (tertiary/aromatic N) is 5. The van der Waals surface area contributed by atoms with Gasteiger partial charge in [0.2, 0.25) is 5.95 Å². The van der Waals surface area contributed by atoms with Crippen LogP contribution < -0.4 is 11.2 Å². The molecule has 0 unspecified atom stereocenters. The summed E-state index contributed by atoms with van der Waals surface area (Å²) in [5.41, 5.74) is 4.83. The molecule has 1 N–H and O–H groups in total. The smallest absolute Gasteiger partial charge is 0.298 e. The third-order valence-electron chi connectivity index (χ3n) is 5.29. The first kappa shape index (κ1) is 18.0. The molecule has 0 amide bonds. The number of aromatic amines is 1. The van der Waals surface area contributed by atoms with Crippen LogP contribution in [-0.2, 0) is 13.6 Å². The number of fused-ring (bicyclic) bond motifs is 1. The Morgan fingerprint density at radius 1 is 1.04 bits per heavy atom. The molecule has 8 nitrogen and oxygen atoms in total. The van der Waals surface area contributed by atoms with Gasteiger partial charge in [0.05, 0.1) is 12.2 Å². The lowest BCUT2D eigenvalue weighted by Gasteiger charge is -2.10. The van der Waals surface area contributed by atoms with Crippen LogP contribution in [0.4, 0.5) is 0 Å². The maximum absolute atomic E-state index is 12.7. The minimum absolute atomic E-state index is 0.334. The molecule has 0 radical (unpaired) electrons. The van der Waals surface area contributed by atoms with Crippen molar-refractivity contribution in [1.82, 2.24) is 28.9 Å². The Labute approximate surface area is 161 Å². The van der Waals surface area contributed by atoms with Crippen LogP contribution in [-0.4, -0.2) is 28.9 Å². The third kappa shape index (κ3) is 2.69. The molecule has 1 aromatic carbocycles. The third-order valence-corrected chi connectivity index (χ3v) is 5.29. The highest BCUT2D eigenvalue weighted by atomic mass is 16.2. The van der Waals surface area contributed by atoms with E-state index in [1.807, 2.05) is 56.5 Å². The van der Waals surface area contributed by atoms with Crippen molar-refractivity contribution in [2.45, 2.75) is 34.2 Å². The number of H-pyrrole nitrogens is 1. The minimum atomic E-state index is -0.492. The number of rotatable bonds is 3. The number of nitrogens with one attached hydrogen (secondary N) is 1. The predicted molar refractivity (Wildman–Crippen MR) is 107 cm³/mol. The van der Waals surface area contributed by atoms with Crippen LogP contribution in [0.1, 0.15) is 28.1 Å². The van der Waals surface area contributed by atoms with Crippen LogP contribution in [0.3, 0.4) is 0 Å². The molecule has 4 rings (SSSR count). The normalized spacial score (nSPS) is 11.5. The fraction of sp³-hybridized carbons (Fsp3) is 0.300. The van der Waals surface area contributed by atoms with Crippen LogP contribution in [0.2, 0.25) is 0 Å².